The zero-order valence-electron chi connectivity index (χ0n) is 12.8. The molecule has 0 saturated heterocycles. The standard InChI is InChI=1S/C18H16ClNO3/c1-9(2)10-6-7-12-14(8-10)23-18(22)15-11(4-3-5-13(15)20)16(21)17(12,18)19/h3-9,22H,20H2,1-2H3. The molecule has 2 aromatic carbocycles. The maximum absolute atomic E-state index is 12.9. The van der Waals surface area contributed by atoms with Crippen molar-refractivity contribution < 1.29 is 14.6 Å². The first-order chi connectivity index (χ1) is 10.8. The van der Waals surface area contributed by atoms with E-state index in [0.717, 1.165) is 5.56 Å². The van der Waals surface area contributed by atoms with E-state index in [1.165, 1.54) is 0 Å². The average Bonchev–Trinajstić information content (AvgIpc) is 2.83. The van der Waals surface area contributed by atoms with Crippen LogP contribution in [0.15, 0.2) is 36.4 Å². The van der Waals surface area contributed by atoms with Crippen LogP contribution >= 0.6 is 11.6 Å². The molecule has 118 valence electrons. The van der Waals surface area contributed by atoms with E-state index in [-0.39, 0.29) is 17.0 Å². The van der Waals surface area contributed by atoms with Gasteiger partial charge in [-0.05, 0) is 23.6 Å². The fraction of sp³-hybridized carbons (Fsp3) is 0.278. The van der Waals surface area contributed by atoms with Gasteiger partial charge in [0.2, 0.25) is 4.87 Å². The zero-order chi connectivity index (χ0) is 16.6. The van der Waals surface area contributed by atoms with Crippen LogP contribution in [-0.2, 0) is 10.7 Å². The molecule has 0 aromatic heterocycles. The number of hydrogen-bond donors (Lipinski definition) is 2. The second-order valence-corrected chi connectivity index (χ2v) is 6.98. The highest BCUT2D eigenvalue weighted by Gasteiger charge is 2.70. The molecule has 2 aromatic rings. The number of fused-ring (bicyclic) bond motifs is 5. The summed E-state index contributed by atoms with van der Waals surface area (Å²) in [5.74, 6) is -1.65. The van der Waals surface area contributed by atoms with Crippen LogP contribution in [0.5, 0.6) is 5.75 Å². The van der Waals surface area contributed by atoms with Gasteiger partial charge in [0.25, 0.3) is 5.79 Å². The molecule has 5 heteroatoms. The molecule has 1 heterocycles. The number of aliphatic hydroxyl groups is 1. The van der Waals surface area contributed by atoms with Gasteiger partial charge in [0.05, 0.1) is 5.56 Å². The third-order valence-corrected chi connectivity index (χ3v) is 5.39. The van der Waals surface area contributed by atoms with E-state index in [1.54, 1.807) is 24.3 Å². The number of nitrogens with two attached hydrogens (primary N) is 1. The summed E-state index contributed by atoms with van der Waals surface area (Å²) in [5, 5.41) is 11.2. The summed E-state index contributed by atoms with van der Waals surface area (Å²) in [6.07, 6.45) is 0. The number of benzene rings is 2. The van der Waals surface area contributed by atoms with Gasteiger partial charge in [0.1, 0.15) is 5.75 Å². The Bertz CT molecular complexity index is 863. The van der Waals surface area contributed by atoms with Gasteiger partial charge < -0.3 is 15.6 Å². The zero-order valence-corrected chi connectivity index (χ0v) is 13.5. The quantitative estimate of drug-likeness (QED) is 0.622. The number of ketones is 1. The van der Waals surface area contributed by atoms with Gasteiger partial charge in [-0.2, -0.15) is 0 Å². The Labute approximate surface area is 138 Å². The Hall–Kier alpha value is -2.04. The number of hydrogen-bond acceptors (Lipinski definition) is 4. The van der Waals surface area contributed by atoms with Crippen molar-refractivity contribution in [3.8, 4) is 5.75 Å². The number of halogens is 1. The summed E-state index contributed by atoms with van der Waals surface area (Å²) < 4.78 is 5.81. The first kappa shape index (κ1) is 14.5. The number of nitrogen functional groups attached to an aromatic ring is 1. The molecule has 0 saturated carbocycles. The molecule has 0 radical (unpaired) electrons. The minimum absolute atomic E-state index is 0.252. The molecule has 4 rings (SSSR count). The third-order valence-electron chi connectivity index (χ3n) is 4.76. The molecule has 0 fully saturated rings. The van der Waals surface area contributed by atoms with E-state index in [1.807, 2.05) is 12.1 Å². The van der Waals surface area contributed by atoms with E-state index in [0.29, 0.717) is 22.8 Å². The van der Waals surface area contributed by atoms with E-state index < -0.39 is 10.7 Å². The van der Waals surface area contributed by atoms with Crippen LogP contribution in [0.25, 0.3) is 0 Å². The van der Waals surface area contributed by atoms with Gasteiger partial charge in [-0.25, -0.2) is 0 Å². The molecule has 4 nitrogen and oxygen atoms in total. The van der Waals surface area contributed by atoms with Crippen LogP contribution in [0, 0.1) is 0 Å². The van der Waals surface area contributed by atoms with E-state index >= 15 is 0 Å². The number of Topliss-reactive ketones (excluding diaryl/α,β-unsaturated/α-hetero) is 1. The summed E-state index contributed by atoms with van der Waals surface area (Å²) >= 11 is 6.68. The molecule has 2 aliphatic rings. The van der Waals surface area contributed by atoms with Crippen LogP contribution in [0.3, 0.4) is 0 Å². The number of carbonyl (C=O) groups is 1. The molecule has 0 bridgehead atoms. The Balaban J connectivity index is 1.99. The normalized spacial score (nSPS) is 27.6. The van der Waals surface area contributed by atoms with Gasteiger partial charge in [0, 0.05) is 16.8 Å². The molecule has 0 spiro atoms. The van der Waals surface area contributed by atoms with Crippen molar-refractivity contribution in [2.75, 3.05) is 5.73 Å². The Morgan fingerprint density at radius 3 is 2.70 bits per heavy atom. The smallest absolute Gasteiger partial charge is 0.268 e. The summed E-state index contributed by atoms with van der Waals surface area (Å²) in [6.45, 7) is 4.11. The van der Waals surface area contributed by atoms with Crippen molar-refractivity contribution in [3.63, 3.8) is 0 Å². The molecule has 0 amide bonds. The SMILES string of the molecule is CC(C)c1ccc2c(c1)OC1(O)c3c(N)cccc3C(=O)C21Cl. The number of ether oxygens (including phenoxy) is 1. The molecule has 23 heavy (non-hydrogen) atoms. The minimum Gasteiger partial charge on any atom is -0.455 e. The second kappa shape index (κ2) is 4.28. The predicted molar refractivity (Wildman–Crippen MR) is 87.8 cm³/mol. The van der Waals surface area contributed by atoms with E-state index in [9.17, 15) is 9.90 Å². The van der Waals surface area contributed by atoms with Crippen LogP contribution < -0.4 is 10.5 Å². The molecule has 2 unspecified atom stereocenters. The molecule has 2 atom stereocenters. The van der Waals surface area contributed by atoms with Crippen molar-refractivity contribution in [1.29, 1.82) is 0 Å². The summed E-state index contributed by atoms with van der Waals surface area (Å²) in [6, 6.07) is 10.4. The number of carbonyl (C=O) groups excluding carboxylic acids is 1. The van der Waals surface area contributed by atoms with Crippen LogP contribution in [-0.4, -0.2) is 10.9 Å². The highest BCUT2D eigenvalue weighted by Crippen LogP contribution is 2.62. The maximum atomic E-state index is 12.9. The highest BCUT2D eigenvalue weighted by atomic mass is 35.5. The Morgan fingerprint density at radius 2 is 2.00 bits per heavy atom. The fourth-order valence-corrected chi connectivity index (χ4v) is 3.89. The van der Waals surface area contributed by atoms with E-state index in [4.69, 9.17) is 22.1 Å². The van der Waals surface area contributed by atoms with Crippen LogP contribution in [0.4, 0.5) is 5.69 Å². The molecule has 1 aliphatic carbocycles. The molecular formula is C18H16ClNO3. The first-order valence-electron chi connectivity index (χ1n) is 7.49. The van der Waals surface area contributed by atoms with Gasteiger partial charge in [-0.15, -0.1) is 0 Å². The van der Waals surface area contributed by atoms with E-state index in [2.05, 4.69) is 13.8 Å². The monoisotopic (exact) mass is 329 g/mol. The molecular weight excluding hydrogens is 314 g/mol. The third kappa shape index (κ3) is 1.53. The summed E-state index contributed by atoms with van der Waals surface area (Å²) in [7, 11) is 0. The largest absolute Gasteiger partial charge is 0.455 e. The predicted octanol–water partition coefficient (Wildman–Crippen LogP) is 3.26. The number of alkyl halides is 1. The first-order valence-corrected chi connectivity index (χ1v) is 7.87. The van der Waals surface area contributed by atoms with Crippen LogP contribution in [0.1, 0.15) is 46.8 Å². The van der Waals surface area contributed by atoms with Crippen molar-refractivity contribution in [2.45, 2.75) is 30.4 Å². The van der Waals surface area contributed by atoms with Crippen molar-refractivity contribution in [1.82, 2.24) is 0 Å². The van der Waals surface area contributed by atoms with Crippen molar-refractivity contribution in [3.05, 3.63) is 58.7 Å². The van der Waals surface area contributed by atoms with Gasteiger partial charge in [-0.3, -0.25) is 4.79 Å². The lowest BCUT2D eigenvalue weighted by Gasteiger charge is -2.28. The van der Waals surface area contributed by atoms with Crippen molar-refractivity contribution in [2.24, 2.45) is 0 Å². The lowest BCUT2D eigenvalue weighted by Crippen LogP contribution is -2.44. The van der Waals surface area contributed by atoms with Gasteiger partial charge in [-0.1, -0.05) is 49.7 Å². The fourth-order valence-electron chi connectivity index (χ4n) is 3.50. The molecule has 1 aliphatic heterocycles. The Morgan fingerprint density at radius 1 is 1.26 bits per heavy atom. The lowest BCUT2D eigenvalue weighted by atomic mass is 9.89. The summed E-state index contributed by atoms with van der Waals surface area (Å²) in [5.41, 5.74) is 8.37. The average molecular weight is 330 g/mol. The van der Waals surface area contributed by atoms with Crippen molar-refractivity contribution >= 4 is 23.1 Å². The van der Waals surface area contributed by atoms with Gasteiger partial charge >= 0.3 is 0 Å². The Kier molecular flexibility index (Phi) is 2.70. The van der Waals surface area contributed by atoms with Gasteiger partial charge in [0.15, 0.2) is 5.78 Å². The highest BCUT2D eigenvalue weighted by molar-refractivity contribution is 6.41. The summed E-state index contributed by atoms with van der Waals surface area (Å²) in [4.78, 5) is 11.2. The number of rotatable bonds is 1. The molecule has 3 N–H and O–H groups in total. The number of anilines is 1. The second-order valence-electron chi connectivity index (χ2n) is 6.41. The maximum Gasteiger partial charge on any atom is 0.268 e. The topological polar surface area (TPSA) is 72.6 Å². The minimum atomic E-state index is -1.98. The lowest BCUT2D eigenvalue weighted by molar-refractivity contribution is -0.143. The van der Waals surface area contributed by atoms with Crippen LogP contribution in [0.2, 0.25) is 0 Å².